The van der Waals surface area contributed by atoms with Crippen molar-refractivity contribution in [1.29, 1.82) is 0 Å². The fraction of sp³-hybridized carbons (Fsp3) is 0.714. The highest BCUT2D eigenvalue weighted by Gasteiger charge is 2.47. The first kappa shape index (κ1) is 19.6. The number of nitrogens with zero attached hydrogens (tertiary/aromatic N) is 4. The Morgan fingerprint density at radius 2 is 1.89 bits per heavy atom. The van der Waals surface area contributed by atoms with E-state index in [0.717, 1.165) is 71.4 Å². The fourth-order valence-corrected chi connectivity index (χ4v) is 5.25. The highest BCUT2D eigenvalue weighted by atomic mass is 16.3. The molecule has 3 saturated heterocycles. The molecule has 154 valence electrons. The van der Waals surface area contributed by atoms with Crippen LogP contribution in [0.15, 0.2) is 18.3 Å². The second-order valence-corrected chi connectivity index (χ2v) is 8.93. The predicted molar refractivity (Wildman–Crippen MR) is 108 cm³/mol. The maximum atomic E-state index is 13.0. The summed E-state index contributed by atoms with van der Waals surface area (Å²) in [4.78, 5) is 23.6. The van der Waals surface area contributed by atoms with Crippen LogP contribution in [0.3, 0.4) is 0 Å². The van der Waals surface area contributed by atoms with Crippen molar-refractivity contribution in [3.05, 3.63) is 23.9 Å². The summed E-state index contributed by atoms with van der Waals surface area (Å²) in [5.74, 6) is 1.02. The molecule has 1 atom stereocenters. The van der Waals surface area contributed by atoms with Gasteiger partial charge in [0.2, 0.25) is 5.91 Å². The van der Waals surface area contributed by atoms with Crippen LogP contribution < -0.4 is 5.73 Å². The van der Waals surface area contributed by atoms with Crippen LogP contribution in [0.5, 0.6) is 0 Å². The molecule has 0 aliphatic carbocycles. The van der Waals surface area contributed by atoms with Gasteiger partial charge in [0.1, 0.15) is 12.0 Å². The summed E-state index contributed by atoms with van der Waals surface area (Å²) in [6.45, 7) is 5.29. The zero-order chi connectivity index (χ0) is 19.7. The molecule has 3 N–H and O–H groups in total. The Labute approximate surface area is 167 Å². The Kier molecular flexibility index (Phi) is 5.58. The third kappa shape index (κ3) is 3.88. The van der Waals surface area contributed by atoms with E-state index >= 15 is 0 Å². The van der Waals surface area contributed by atoms with Gasteiger partial charge >= 0.3 is 0 Å². The minimum atomic E-state index is -0.352. The molecule has 1 aromatic heterocycles. The molecular weight excluding hydrogens is 354 g/mol. The summed E-state index contributed by atoms with van der Waals surface area (Å²) in [5.41, 5.74) is 6.95. The third-order valence-corrected chi connectivity index (χ3v) is 7.19. The number of nitrogens with two attached hydrogens (primary N) is 1. The number of pyridine rings is 1. The van der Waals surface area contributed by atoms with Crippen LogP contribution in [0.1, 0.15) is 37.7 Å². The number of carbonyl (C=O) groups is 1. The van der Waals surface area contributed by atoms with Gasteiger partial charge in [-0.05, 0) is 69.9 Å². The molecule has 0 radical (unpaired) electrons. The molecule has 1 amide bonds. The van der Waals surface area contributed by atoms with Gasteiger partial charge in [-0.2, -0.15) is 0 Å². The minimum absolute atomic E-state index is 0.00127. The van der Waals surface area contributed by atoms with Crippen molar-refractivity contribution in [2.75, 3.05) is 45.5 Å². The van der Waals surface area contributed by atoms with Gasteiger partial charge in [-0.1, -0.05) is 0 Å². The molecule has 7 heteroatoms. The number of carbonyl (C=O) groups excluding carboxylic acids is 1. The molecular formula is C21H33N5O2. The third-order valence-electron chi connectivity index (χ3n) is 7.19. The van der Waals surface area contributed by atoms with Crippen LogP contribution in [0, 0.1) is 11.3 Å². The van der Waals surface area contributed by atoms with E-state index in [2.05, 4.69) is 14.8 Å². The molecule has 4 rings (SSSR count). The van der Waals surface area contributed by atoms with Crippen molar-refractivity contribution < 1.29 is 9.90 Å². The standard InChI is InChI=1S/C21H33N5O2/c1-24-11-5-21(20(24)28)6-12-26(13-7-21)19(27)17-3-9-25(10-4-17)15-16-2-8-23-18(22)14-16/h2,8,14,17,20,28H,3-7,9-13,15H2,1H3,(H2,22,23). The van der Waals surface area contributed by atoms with Crippen LogP contribution >= 0.6 is 0 Å². The van der Waals surface area contributed by atoms with E-state index in [4.69, 9.17) is 5.73 Å². The molecule has 0 bridgehead atoms. The molecule has 3 aliphatic heterocycles. The van der Waals surface area contributed by atoms with E-state index in [0.29, 0.717) is 11.7 Å². The van der Waals surface area contributed by atoms with Crippen molar-refractivity contribution in [3.63, 3.8) is 0 Å². The summed E-state index contributed by atoms with van der Waals surface area (Å²) in [5, 5.41) is 10.5. The van der Waals surface area contributed by atoms with Gasteiger partial charge in [-0.3, -0.25) is 14.6 Å². The van der Waals surface area contributed by atoms with Gasteiger partial charge in [0.15, 0.2) is 0 Å². The highest BCUT2D eigenvalue weighted by Crippen LogP contribution is 2.44. The Hall–Kier alpha value is -1.70. The number of anilines is 1. The fourth-order valence-electron chi connectivity index (χ4n) is 5.25. The Balaban J connectivity index is 1.26. The van der Waals surface area contributed by atoms with Crippen molar-refractivity contribution in [3.8, 4) is 0 Å². The van der Waals surface area contributed by atoms with Gasteiger partial charge in [-0.15, -0.1) is 0 Å². The molecule has 0 saturated carbocycles. The van der Waals surface area contributed by atoms with Crippen LogP contribution in [0.2, 0.25) is 0 Å². The Bertz CT molecular complexity index is 696. The first-order valence-corrected chi connectivity index (χ1v) is 10.6. The summed E-state index contributed by atoms with van der Waals surface area (Å²) in [6.07, 6.45) is 6.14. The first-order valence-electron chi connectivity index (χ1n) is 10.6. The highest BCUT2D eigenvalue weighted by molar-refractivity contribution is 5.79. The number of likely N-dealkylation sites (tertiary alicyclic amines) is 3. The maximum Gasteiger partial charge on any atom is 0.225 e. The van der Waals surface area contributed by atoms with Crippen molar-refractivity contribution >= 4 is 11.7 Å². The lowest BCUT2D eigenvalue weighted by Crippen LogP contribution is -2.50. The first-order chi connectivity index (χ1) is 13.5. The van der Waals surface area contributed by atoms with Gasteiger partial charge in [0, 0.05) is 43.7 Å². The van der Waals surface area contributed by atoms with E-state index in [9.17, 15) is 9.90 Å². The largest absolute Gasteiger partial charge is 0.384 e. The summed E-state index contributed by atoms with van der Waals surface area (Å²) >= 11 is 0. The molecule has 0 aromatic carbocycles. The number of rotatable bonds is 3. The zero-order valence-corrected chi connectivity index (χ0v) is 16.9. The molecule has 1 aromatic rings. The monoisotopic (exact) mass is 387 g/mol. The van der Waals surface area contributed by atoms with E-state index in [1.165, 1.54) is 5.56 Å². The average Bonchev–Trinajstić information content (AvgIpc) is 2.97. The van der Waals surface area contributed by atoms with Crippen LogP contribution in [0.25, 0.3) is 0 Å². The molecule has 4 heterocycles. The molecule has 1 unspecified atom stereocenters. The molecule has 28 heavy (non-hydrogen) atoms. The van der Waals surface area contributed by atoms with Gasteiger partial charge in [0.05, 0.1) is 0 Å². The zero-order valence-electron chi connectivity index (χ0n) is 16.9. The number of amides is 1. The lowest BCUT2D eigenvalue weighted by Gasteiger charge is -2.43. The second kappa shape index (κ2) is 7.97. The number of aromatic nitrogens is 1. The van der Waals surface area contributed by atoms with E-state index in [-0.39, 0.29) is 17.6 Å². The van der Waals surface area contributed by atoms with Gasteiger partial charge in [-0.25, -0.2) is 4.98 Å². The molecule has 3 fully saturated rings. The van der Waals surface area contributed by atoms with Gasteiger partial charge in [0.25, 0.3) is 0 Å². The Morgan fingerprint density at radius 3 is 2.50 bits per heavy atom. The van der Waals surface area contributed by atoms with E-state index < -0.39 is 0 Å². The van der Waals surface area contributed by atoms with Crippen molar-refractivity contribution in [2.24, 2.45) is 11.3 Å². The summed E-state index contributed by atoms with van der Waals surface area (Å²) < 4.78 is 0. The van der Waals surface area contributed by atoms with Crippen molar-refractivity contribution in [2.45, 2.75) is 44.9 Å². The van der Waals surface area contributed by atoms with Crippen LogP contribution in [-0.4, -0.2) is 76.7 Å². The molecule has 3 aliphatic rings. The number of hydrogen-bond acceptors (Lipinski definition) is 6. The number of aliphatic hydroxyl groups excluding tert-OH is 1. The summed E-state index contributed by atoms with van der Waals surface area (Å²) in [6, 6.07) is 3.93. The number of aliphatic hydroxyl groups is 1. The Morgan fingerprint density at radius 1 is 1.21 bits per heavy atom. The number of nitrogen functional groups attached to an aromatic ring is 1. The van der Waals surface area contributed by atoms with Crippen LogP contribution in [-0.2, 0) is 11.3 Å². The average molecular weight is 388 g/mol. The second-order valence-electron chi connectivity index (χ2n) is 8.93. The SMILES string of the molecule is CN1CCC2(CCN(C(=O)C3CCN(Cc4ccnc(N)c4)CC3)CC2)C1O. The number of piperidine rings is 2. The maximum absolute atomic E-state index is 13.0. The lowest BCUT2D eigenvalue weighted by molar-refractivity contribution is -0.142. The minimum Gasteiger partial charge on any atom is -0.384 e. The van der Waals surface area contributed by atoms with Crippen LogP contribution in [0.4, 0.5) is 5.82 Å². The van der Waals surface area contributed by atoms with E-state index in [1.54, 1.807) is 6.20 Å². The number of hydrogen-bond donors (Lipinski definition) is 2. The van der Waals surface area contributed by atoms with Gasteiger partial charge < -0.3 is 15.7 Å². The summed E-state index contributed by atoms with van der Waals surface area (Å²) in [7, 11) is 1.99. The van der Waals surface area contributed by atoms with E-state index in [1.807, 2.05) is 24.1 Å². The predicted octanol–water partition coefficient (Wildman–Crippen LogP) is 1.14. The van der Waals surface area contributed by atoms with Crippen molar-refractivity contribution in [1.82, 2.24) is 19.7 Å². The molecule has 7 nitrogen and oxygen atoms in total. The quantitative estimate of drug-likeness (QED) is 0.809. The lowest BCUT2D eigenvalue weighted by atomic mass is 9.76. The smallest absolute Gasteiger partial charge is 0.225 e. The topological polar surface area (TPSA) is 85.9 Å². The normalized spacial score (nSPS) is 26.8. The molecule has 1 spiro atoms.